The fraction of sp³-hybridized carbons (Fsp3) is 0.590. The number of rotatable bonds is 4. The van der Waals surface area contributed by atoms with Gasteiger partial charge in [-0.2, -0.15) is 0 Å². The van der Waals surface area contributed by atoms with Crippen LogP contribution in [-0.2, 0) is 26.5 Å². The molecule has 1 N–H and O–H groups in total. The Morgan fingerprint density at radius 2 is 2.00 bits per heavy atom. The summed E-state index contributed by atoms with van der Waals surface area (Å²) in [5.41, 5.74) is 4.81. The number of likely N-dealkylation sites (tertiary alicyclic amines) is 1. The molecule has 276 valence electrons. The molecule has 3 aliphatic heterocycles. The first-order valence-corrected chi connectivity index (χ1v) is 20.1. The summed E-state index contributed by atoms with van der Waals surface area (Å²) in [4.78, 5) is 30.9. The van der Waals surface area contributed by atoms with Crippen LogP contribution < -0.4 is 14.4 Å². The molecular formula is C39H50F2N4O5S. The number of carbonyl (C=O) groups is 2. The van der Waals surface area contributed by atoms with Gasteiger partial charge in [-0.05, 0) is 98.4 Å². The first-order chi connectivity index (χ1) is 24.4. The van der Waals surface area contributed by atoms with E-state index in [9.17, 15) is 22.6 Å². The van der Waals surface area contributed by atoms with Gasteiger partial charge in [0.2, 0.25) is 6.43 Å². The predicted octanol–water partition coefficient (Wildman–Crippen LogP) is 6.93. The van der Waals surface area contributed by atoms with Gasteiger partial charge in [0.15, 0.2) is 0 Å². The molecule has 2 aliphatic carbocycles. The van der Waals surface area contributed by atoms with Gasteiger partial charge in [-0.15, -0.1) is 4.36 Å². The van der Waals surface area contributed by atoms with Crippen molar-refractivity contribution in [2.24, 2.45) is 28.0 Å². The number of nitrogens with zero attached hydrogens (tertiary/aromatic N) is 3. The number of methoxy groups -OCH3 is 1. The quantitative estimate of drug-likeness (QED) is 0.344. The van der Waals surface area contributed by atoms with Crippen molar-refractivity contribution < 1.29 is 32.1 Å². The number of nitrogens with one attached hydrogen (secondary N) is 1. The SMILES string of the molecule is CO[C@H]1/C=C/C[C@H](C)CS(=O)(NC(=O)N2CC(CC(F)F)C2)=NC(=O)c2ccc3c(c2)N(C[C@@H]2CC[C@H]21)C[C@@]1(CCCc2cc(C)ccc21)CO3. The summed E-state index contributed by atoms with van der Waals surface area (Å²) < 4.78 is 59.6. The third-order valence-corrected chi connectivity index (χ3v) is 13.7. The van der Waals surface area contributed by atoms with Crippen LogP contribution >= 0.6 is 0 Å². The highest BCUT2D eigenvalue weighted by Gasteiger charge is 2.44. The van der Waals surface area contributed by atoms with Crippen LogP contribution in [0.3, 0.4) is 0 Å². The zero-order chi connectivity index (χ0) is 35.9. The molecular weight excluding hydrogens is 675 g/mol. The van der Waals surface area contributed by atoms with E-state index in [1.165, 1.54) is 21.6 Å². The second-order valence-electron chi connectivity index (χ2n) is 15.6. The molecule has 1 spiro atoms. The number of ether oxygens (including phenoxy) is 2. The Hall–Kier alpha value is -3.51. The van der Waals surface area contributed by atoms with Crippen LogP contribution in [0.1, 0.15) is 72.5 Å². The largest absolute Gasteiger partial charge is 0.490 e. The van der Waals surface area contributed by atoms with Crippen molar-refractivity contribution in [3.63, 3.8) is 0 Å². The summed E-state index contributed by atoms with van der Waals surface area (Å²) in [6, 6.07) is 11.4. The van der Waals surface area contributed by atoms with E-state index in [0.717, 1.165) is 50.9 Å². The molecule has 2 fully saturated rings. The summed E-state index contributed by atoms with van der Waals surface area (Å²) >= 11 is 0. The molecule has 5 aliphatic rings. The number of benzene rings is 2. The number of aryl methyl sites for hydroxylation is 2. The van der Waals surface area contributed by atoms with Crippen molar-refractivity contribution in [3.05, 3.63) is 70.8 Å². The Balaban J connectivity index is 1.25. The monoisotopic (exact) mass is 724 g/mol. The second kappa shape index (κ2) is 14.5. The number of amides is 3. The van der Waals surface area contributed by atoms with E-state index in [0.29, 0.717) is 30.6 Å². The van der Waals surface area contributed by atoms with Gasteiger partial charge in [-0.25, -0.2) is 17.8 Å². The first kappa shape index (κ1) is 35.9. The summed E-state index contributed by atoms with van der Waals surface area (Å²) in [5.74, 6) is 0.172. The minimum atomic E-state index is -3.58. The topological polar surface area (TPSA) is 101 Å². The lowest BCUT2D eigenvalue weighted by atomic mass is 9.68. The second-order valence-corrected chi connectivity index (χ2v) is 17.6. The minimum absolute atomic E-state index is 0.0472. The van der Waals surface area contributed by atoms with Gasteiger partial charge < -0.3 is 19.3 Å². The molecule has 2 aromatic rings. The van der Waals surface area contributed by atoms with Crippen LogP contribution in [0.4, 0.5) is 19.3 Å². The van der Waals surface area contributed by atoms with Crippen LogP contribution in [0.5, 0.6) is 5.75 Å². The maximum Gasteiger partial charge on any atom is 0.329 e. The van der Waals surface area contributed by atoms with E-state index in [-0.39, 0.29) is 54.2 Å². The summed E-state index contributed by atoms with van der Waals surface area (Å²) in [7, 11) is -1.83. The van der Waals surface area contributed by atoms with Gasteiger partial charge in [0.25, 0.3) is 5.91 Å². The third kappa shape index (κ3) is 7.54. The highest BCUT2D eigenvalue weighted by molar-refractivity contribution is 7.92. The zero-order valence-corrected chi connectivity index (χ0v) is 30.6. The molecule has 7 rings (SSSR count). The van der Waals surface area contributed by atoms with Crippen LogP contribution in [0.15, 0.2) is 52.9 Å². The molecule has 1 saturated carbocycles. The van der Waals surface area contributed by atoms with Crippen LogP contribution in [-0.4, -0.2) is 79.2 Å². The smallest absolute Gasteiger partial charge is 0.329 e. The van der Waals surface area contributed by atoms with E-state index in [1.54, 1.807) is 13.2 Å². The lowest BCUT2D eigenvalue weighted by molar-refractivity contribution is 0.0131. The summed E-state index contributed by atoms with van der Waals surface area (Å²) in [6.07, 6.45) is 7.13. The molecule has 2 bridgehead atoms. The van der Waals surface area contributed by atoms with E-state index in [1.807, 2.05) is 25.1 Å². The van der Waals surface area contributed by atoms with Gasteiger partial charge in [0, 0.05) is 50.7 Å². The molecule has 51 heavy (non-hydrogen) atoms. The fourth-order valence-electron chi connectivity index (χ4n) is 8.87. The number of hydrogen-bond donors (Lipinski definition) is 1. The molecule has 3 amide bonds. The van der Waals surface area contributed by atoms with E-state index in [2.05, 4.69) is 45.2 Å². The van der Waals surface area contributed by atoms with Crippen LogP contribution in [0, 0.1) is 30.6 Å². The number of alkyl halides is 2. The molecule has 1 unspecified atom stereocenters. The first-order valence-electron chi connectivity index (χ1n) is 18.4. The molecule has 2 aromatic carbocycles. The van der Waals surface area contributed by atoms with E-state index >= 15 is 0 Å². The number of hydrogen-bond acceptors (Lipinski definition) is 6. The van der Waals surface area contributed by atoms with E-state index in [4.69, 9.17) is 9.47 Å². The Morgan fingerprint density at radius 1 is 1.18 bits per heavy atom. The van der Waals surface area contributed by atoms with Crippen molar-refractivity contribution in [3.8, 4) is 5.75 Å². The van der Waals surface area contributed by atoms with Crippen molar-refractivity contribution in [1.82, 2.24) is 9.62 Å². The molecule has 3 heterocycles. The lowest BCUT2D eigenvalue weighted by Crippen LogP contribution is -2.55. The summed E-state index contributed by atoms with van der Waals surface area (Å²) in [5, 5.41) is 0. The van der Waals surface area contributed by atoms with Crippen molar-refractivity contribution >= 4 is 27.5 Å². The number of urea groups is 1. The molecule has 12 heteroatoms. The highest BCUT2D eigenvalue weighted by Crippen LogP contribution is 2.47. The average Bonchev–Trinajstić information content (AvgIpc) is 3.19. The lowest BCUT2D eigenvalue weighted by Gasteiger charge is -2.46. The van der Waals surface area contributed by atoms with Gasteiger partial charge >= 0.3 is 6.03 Å². The molecule has 6 atom stereocenters. The minimum Gasteiger partial charge on any atom is -0.490 e. The standard InChI is InChI=1S/C39H50F2N4O5S/c1-25-9-13-32-28(16-25)7-5-15-39(32)23-45-21-30-10-12-31(30)34(49-3)8-4-6-26(2)22-51(48,43-38(47)44-19-27(20-44)17-36(40)41)42-37(46)29-11-14-35(50-24-39)33(45)18-29/h4,8-9,11,13-14,16,18,26-27,30-31,34,36H,5-7,10,12,15,17,19-24H2,1-3H3,(H,42,43,46,47,48)/b8-4+/t26-,30-,31+,34-,39-,51?/m0/s1. The normalized spacial score (nSPS) is 31.7. The number of carbonyl (C=O) groups excluding carboxylic acids is 2. The average molecular weight is 725 g/mol. The number of fused-ring (bicyclic) bond motifs is 4. The van der Waals surface area contributed by atoms with Gasteiger partial charge in [0.1, 0.15) is 15.7 Å². The number of halogens is 2. The Morgan fingerprint density at radius 3 is 2.75 bits per heavy atom. The maximum atomic E-state index is 14.4. The zero-order valence-electron chi connectivity index (χ0n) is 29.8. The Labute approximate surface area is 300 Å². The number of allylic oxidation sites excluding steroid dienone is 1. The maximum absolute atomic E-state index is 14.4. The Bertz CT molecular complexity index is 1810. The molecule has 9 nitrogen and oxygen atoms in total. The van der Waals surface area contributed by atoms with Gasteiger partial charge in [-0.1, -0.05) is 42.8 Å². The fourth-order valence-corrected chi connectivity index (χ4v) is 10.8. The van der Waals surface area contributed by atoms with Crippen LogP contribution in [0.2, 0.25) is 0 Å². The number of anilines is 1. The van der Waals surface area contributed by atoms with Gasteiger partial charge in [0.05, 0.1) is 24.2 Å². The highest BCUT2D eigenvalue weighted by atomic mass is 32.2. The van der Waals surface area contributed by atoms with Crippen molar-refractivity contribution in [2.45, 2.75) is 76.7 Å². The van der Waals surface area contributed by atoms with Gasteiger partial charge in [-0.3, -0.25) is 9.52 Å². The van der Waals surface area contributed by atoms with Crippen LogP contribution in [0.25, 0.3) is 0 Å². The predicted molar refractivity (Wildman–Crippen MR) is 194 cm³/mol. The third-order valence-electron chi connectivity index (χ3n) is 11.7. The molecule has 1 saturated heterocycles. The summed E-state index contributed by atoms with van der Waals surface area (Å²) in [6.45, 7) is 6.36. The molecule has 0 aromatic heterocycles. The van der Waals surface area contributed by atoms with E-state index < -0.39 is 28.3 Å². The van der Waals surface area contributed by atoms with Crippen molar-refractivity contribution in [1.29, 1.82) is 0 Å². The molecule has 0 radical (unpaired) electrons. The van der Waals surface area contributed by atoms with Crippen molar-refractivity contribution in [2.75, 3.05) is 50.5 Å². The Kier molecular flexibility index (Phi) is 10.2.